The van der Waals surface area contributed by atoms with E-state index in [1.54, 1.807) is 0 Å². The zero-order valence-electron chi connectivity index (χ0n) is 6.90. The topological polar surface area (TPSA) is 46.2 Å². The molecule has 2 nitrogen and oxygen atoms in total. The highest BCUT2D eigenvalue weighted by Crippen LogP contribution is 2.28. The molecule has 0 unspecified atom stereocenters. The lowest BCUT2D eigenvalue weighted by Gasteiger charge is -2.26. The molecule has 0 saturated heterocycles. The molecular weight excluding hydrogens is 150 g/mol. The van der Waals surface area contributed by atoms with E-state index < -0.39 is 6.10 Å². The molecule has 1 aliphatic carbocycles. The minimum Gasteiger partial charge on any atom is -0.387 e. The molecular formula is C10H13NO. The van der Waals surface area contributed by atoms with Gasteiger partial charge >= 0.3 is 0 Å². The van der Waals surface area contributed by atoms with Crippen molar-refractivity contribution in [2.75, 3.05) is 0 Å². The molecule has 1 aliphatic rings. The number of aryl methyl sites for hydroxylation is 1. The summed E-state index contributed by atoms with van der Waals surface area (Å²) >= 11 is 0. The van der Waals surface area contributed by atoms with E-state index in [2.05, 4.69) is 6.07 Å². The molecule has 1 aromatic rings. The van der Waals surface area contributed by atoms with Gasteiger partial charge in [0.2, 0.25) is 0 Å². The average Bonchev–Trinajstić information content (AvgIpc) is 2.12. The minimum atomic E-state index is -0.463. The van der Waals surface area contributed by atoms with Gasteiger partial charge in [-0.25, -0.2) is 0 Å². The molecule has 2 rings (SSSR count). The summed E-state index contributed by atoms with van der Waals surface area (Å²) in [7, 11) is 0. The van der Waals surface area contributed by atoms with Crippen LogP contribution in [0.2, 0.25) is 0 Å². The predicted octanol–water partition coefficient (Wildman–Crippen LogP) is 0.993. The van der Waals surface area contributed by atoms with E-state index in [9.17, 15) is 5.11 Å². The smallest absolute Gasteiger partial charge is 0.0943 e. The largest absolute Gasteiger partial charge is 0.387 e. The van der Waals surface area contributed by atoms with E-state index in [-0.39, 0.29) is 6.04 Å². The molecule has 0 aromatic heterocycles. The van der Waals surface area contributed by atoms with Crippen LogP contribution < -0.4 is 5.73 Å². The fourth-order valence-electron chi connectivity index (χ4n) is 1.76. The summed E-state index contributed by atoms with van der Waals surface area (Å²) < 4.78 is 0. The molecule has 0 radical (unpaired) electrons. The second kappa shape index (κ2) is 2.88. The average molecular weight is 163 g/mol. The van der Waals surface area contributed by atoms with Crippen LogP contribution >= 0.6 is 0 Å². The monoisotopic (exact) mass is 163 g/mol. The van der Waals surface area contributed by atoms with Gasteiger partial charge in [-0.15, -0.1) is 0 Å². The number of nitrogens with two attached hydrogens (primary N) is 1. The van der Waals surface area contributed by atoms with Gasteiger partial charge < -0.3 is 10.8 Å². The van der Waals surface area contributed by atoms with E-state index in [0.29, 0.717) is 0 Å². The summed E-state index contributed by atoms with van der Waals surface area (Å²) in [4.78, 5) is 0. The van der Waals surface area contributed by atoms with Crippen LogP contribution in [0.25, 0.3) is 0 Å². The zero-order valence-corrected chi connectivity index (χ0v) is 6.90. The van der Waals surface area contributed by atoms with Gasteiger partial charge in [-0.3, -0.25) is 0 Å². The van der Waals surface area contributed by atoms with Gasteiger partial charge in [0, 0.05) is 6.04 Å². The molecule has 0 aliphatic heterocycles. The van der Waals surface area contributed by atoms with E-state index >= 15 is 0 Å². The highest BCUT2D eigenvalue weighted by Gasteiger charge is 2.23. The Morgan fingerprint density at radius 1 is 1.33 bits per heavy atom. The van der Waals surface area contributed by atoms with E-state index in [4.69, 9.17) is 5.73 Å². The maximum Gasteiger partial charge on any atom is 0.0943 e. The second-order valence-electron chi connectivity index (χ2n) is 3.35. The van der Waals surface area contributed by atoms with E-state index in [1.807, 2.05) is 18.2 Å². The second-order valence-corrected chi connectivity index (χ2v) is 3.35. The van der Waals surface area contributed by atoms with Crippen LogP contribution in [0.3, 0.4) is 0 Å². The summed E-state index contributed by atoms with van der Waals surface area (Å²) in [6.45, 7) is 0. The van der Waals surface area contributed by atoms with Crippen molar-refractivity contribution in [3.63, 3.8) is 0 Å². The fourth-order valence-corrected chi connectivity index (χ4v) is 1.76. The summed E-state index contributed by atoms with van der Waals surface area (Å²) in [6.07, 6.45) is 1.42. The van der Waals surface area contributed by atoms with Crippen LogP contribution in [0.15, 0.2) is 24.3 Å². The zero-order chi connectivity index (χ0) is 8.55. The maximum atomic E-state index is 9.70. The molecule has 0 saturated carbocycles. The lowest BCUT2D eigenvalue weighted by molar-refractivity contribution is 0.134. The van der Waals surface area contributed by atoms with Crippen LogP contribution in [0.5, 0.6) is 0 Å². The Hall–Kier alpha value is -0.860. The molecule has 0 amide bonds. The highest BCUT2D eigenvalue weighted by atomic mass is 16.3. The van der Waals surface area contributed by atoms with Crippen molar-refractivity contribution in [3.05, 3.63) is 35.4 Å². The van der Waals surface area contributed by atoms with Crippen molar-refractivity contribution < 1.29 is 5.11 Å². The molecule has 0 fully saturated rings. The van der Waals surface area contributed by atoms with Gasteiger partial charge in [-0.1, -0.05) is 24.3 Å². The highest BCUT2D eigenvalue weighted by molar-refractivity contribution is 5.32. The van der Waals surface area contributed by atoms with Crippen LogP contribution in [0.1, 0.15) is 23.7 Å². The molecule has 0 heterocycles. The SMILES string of the molecule is N[C@H]1CCc2ccccc2[C@H]1O. The minimum absolute atomic E-state index is 0.0834. The Bertz CT molecular complexity index is 285. The van der Waals surface area contributed by atoms with Gasteiger partial charge in [-0.2, -0.15) is 0 Å². The standard InChI is InChI=1S/C10H13NO/c11-9-6-5-7-3-1-2-4-8(7)10(9)12/h1-4,9-10,12H,5-6,11H2/t9-,10+/m0/s1. The molecule has 3 N–H and O–H groups in total. The number of hydrogen-bond donors (Lipinski definition) is 2. The summed E-state index contributed by atoms with van der Waals surface area (Å²) in [6, 6.07) is 7.88. The van der Waals surface area contributed by atoms with Gasteiger partial charge in [0.1, 0.15) is 0 Å². The number of rotatable bonds is 0. The van der Waals surface area contributed by atoms with Crippen LogP contribution in [0.4, 0.5) is 0 Å². The van der Waals surface area contributed by atoms with Crippen molar-refractivity contribution in [1.29, 1.82) is 0 Å². The van der Waals surface area contributed by atoms with Crippen LogP contribution in [-0.2, 0) is 6.42 Å². The fraction of sp³-hybridized carbons (Fsp3) is 0.400. The van der Waals surface area contributed by atoms with Crippen molar-refractivity contribution >= 4 is 0 Å². The molecule has 2 heteroatoms. The molecule has 2 atom stereocenters. The Balaban J connectivity index is 2.42. The lowest BCUT2D eigenvalue weighted by Crippen LogP contribution is -2.32. The number of aliphatic hydroxyl groups excluding tert-OH is 1. The Morgan fingerprint density at radius 2 is 2.08 bits per heavy atom. The summed E-state index contributed by atoms with van der Waals surface area (Å²) in [5.41, 5.74) is 8.00. The maximum absolute atomic E-state index is 9.70. The molecule has 0 spiro atoms. The van der Waals surface area contributed by atoms with Crippen molar-refractivity contribution in [2.24, 2.45) is 5.73 Å². The Kier molecular flexibility index (Phi) is 1.87. The predicted molar refractivity (Wildman–Crippen MR) is 47.7 cm³/mol. The van der Waals surface area contributed by atoms with E-state index in [1.165, 1.54) is 5.56 Å². The Morgan fingerprint density at radius 3 is 2.92 bits per heavy atom. The summed E-state index contributed by atoms with van der Waals surface area (Å²) in [5.74, 6) is 0. The quantitative estimate of drug-likeness (QED) is 0.599. The molecule has 12 heavy (non-hydrogen) atoms. The molecule has 1 aromatic carbocycles. The van der Waals surface area contributed by atoms with Gasteiger partial charge in [0.15, 0.2) is 0 Å². The molecule has 64 valence electrons. The van der Waals surface area contributed by atoms with Crippen LogP contribution in [-0.4, -0.2) is 11.1 Å². The van der Waals surface area contributed by atoms with Gasteiger partial charge in [0.05, 0.1) is 6.10 Å². The van der Waals surface area contributed by atoms with Gasteiger partial charge in [0.25, 0.3) is 0 Å². The summed E-state index contributed by atoms with van der Waals surface area (Å²) in [5, 5.41) is 9.70. The van der Waals surface area contributed by atoms with Gasteiger partial charge in [-0.05, 0) is 24.0 Å². The van der Waals surface area contributed by atoms with Crippen molar-refractivity contribution in [1.82, 2.24) is 0 Å². The Labute approximate surface area is 72.0 Å². The number of aliphatic hydroxyl groups is 1. The first-order valence-electron chi connectivity index (χ1n) is 4.30. The normalized spacial score (nSPS) is 28.2. The number of benzene rings is 1. The number of fused-ring (bicyclic) bond motifs is 1. The first kappa shape index (κ1) is 7.77. The van der Waals surface area contributed by atoms with Crippen molar-refractivity contribution in [2.45, 2.75) is 25.0 Å². The van der Waals surface area contributed by atoms with E-state index in [0.717, 1.165) is 18.4 Å². The first-order valence-corrected chi connectivity index (χ1v) is 4.30. The number of hydrogen-bond acceptors (Lipinski definition) is 2. The van der Waals surface area contributed by atoms with Crippen molar-refractivity contribution in [3.8, 4) is 0 Å². The first-order chi connectivity index (χ1) is 5.79. The van der Waals surface area contributed by atoms with Crippen LogP contribution in [0, 0.1) is 0 Å². The third kappa shape index (κ3) is 1.13. The third-order valence-corrected chi connectivity index (χ3v) is 2.53. The lowest BCUT2D eigenvalue weighted by atomic mass is 9.86. The molecule has 0 bridgehead atoms. The third-order valence-electron chi connectivity index (χ3n) is 2.53.